The maximum Gasteiger partial charge on any atom is 0.389 e. The Labute approximate surface area is 186 Å². The number of anilines is 1. The van der Waals surface area contributed by atoms with E-state index in [2.05, 4.69) is 15.6 Å². The predicted molar refractivity (Wildman–Crippen MR) is 115 cm³/mol. The molecule has 0 fully saturated rings. The standard InChI is InChI=1S/C21H21F3N4O3S/c1-12(25-16(29)9-10-21(22,23)24)19(30)27-18-20(31)28(2)14-7-4-3-6-13(14)17(26-18)15-8-5-11-32-15/h3-8,11-12,18H,9-10H2,1-2H3,(H,25,29)(H,27,30)/t12-,18?/m0/s1. The molecule has 11 heteroatoms. The third kappa shape index (κ3) is 5.52. The molecule has 3 rings (SSSR count). The molecule has 7 nitrogen and oxygen atoms in total. The Balaban J connectivity index is 1.79. The molecule has 3 amide bonds. The number of alkyl halides is 3. The zero-order valence-electron chi connectivity index (χ0n) is 17.3. The maximum atomic E-state index is 13.0. The summed E-state index contributed by atoms with van der Waals surface area (Å²) >= 11 is 1.43. The highest BCUT2D eigenvalue weighted by atomic mass is 32.1. The first-order valence-corrected chi connectivity index (χ1v) is 10.6. The number of carbonyl (C=O) groups excluding carboxylic acids is 3. The van der Waals surface area contributed by atoms with Gasteiger partial charge in [-0.2, -0.15) is 13.2 Å². The molecule has 2 heterocycles. The molecule has 1 unspecified atom stereocenters. The van der Waals surface area contributed by atoms with Gasteiger partial charge < -0.3 is 15.5 Å². The van der Waals surface area contributed by atoms with E-state index in [1.54, 1.807) is 19.2 Å². The molecule has 1 aliphatic heterocycles. The number of benzodiazepines with no additional fused rings is 1. The molecule has 2 N–H and O–H groups in total. The van der Waals surface area contributed by atoms with E-state index in [4.69, 9.17) is 0 Å². The third-order valence-electron chi connectivity index (χ3n) is 4.78. The summed E-state index contributed by atoms with van der Waals surface area (Å²) in [6.45, 7) is 1.32. The van der Waals surface area contributed by atoms with Crippen molar-refractivity contribution in [2.24, 2.45) is 4.99 Å². The molecule has 0 bridgehead atoms. The number of hydrogen-bond donors (Lipinski definition) is 2. The SMILES string of the molecule is C[C@H](NC(=O)CCC(F)(F)F)C(=O)NC1N=C(c2cccs2)c2ccccc2N(C)C1=O. The van der Waals surface area contributed by atoms with Gasteiger partial charge in [-0.15, -0.1) is 11.3 Å². The molecule has 1 aliphatic rings. The maximum absolute atomic E-state index is 13.0. The van der Waals surface area contributed by atoms with E-state index in [0.717, 1.165) is 10.4 Å². The fraction of sp³-hybridized carbons (Fsp3) is 0.333. The number of aliphatic imine (C=N–C) groups is 1. The fourth-order valence-corrected chi connectivity index (χ4v) is 3.86. The first-order valence-electron chi connectivity index (χ1n) is 9.72. The largest absolute Gasteiger partial charge is 0.389 e. The van der Waals surface area contributed by atoms with Crippen LogP contribution in [0.3, 0.4) is 0 Å². The van der Waals surface area contributed by atoms with Crippen LogP contribution in [0.25, 0.3) is 0 Å². The van der Waals surface area contributed by atoms with Crippen LogP contribution in [0, 0.1) is 0 Å². The van der Waals surface area contributed by atoms with Gasteiger partial charge in [0.2, 0.25) is 18.0 Å². The molecule has 1 aromatic carbocycles. The molecule has 0 spiro atoms. The van der Waals surface area contributed by atoms with Gasteiger partial charge >= 0.3 is 6.18 Å². The first-order chi connectivity index (χ1) is 15.1. The lowest BCUT2D eigenvalue weighted by Gasteiger charge is -2.22. The molecule has 0 radical (unpaired) electrons. The average Bonchev–Trinajstić information content (AvgIpc) is 3.25. The van der Waals surface area contributed by atoms with Gasteiger partial charge in [0, 0.05) is 19.0 Å². The minimum atomic E-state index is -4.47. The van der Waals surface area contributed by atoms with Crippen molar-refractivity contribution in [1.82, 2.24) is 10.6 Å². The Morgan fingerprint density at radius 3 is 2.59 bits per heavy atom. The fourth-order valence-electron chi connectivity index (χ4n) is 3.12. The lowest BCUT2D eigenvalue weighted by molar-refractivity contribution is -0.144. The summed E-state index contributed by atoms with van der Waals surface area (Å²) < 4.78 is 36.9. The van der Waals surface area contributed by atoms with E-state index in [9.17, 15) is 27.6 Å². The Morgan fingerprint density at radius 1 is 1.22 bits per heavy atom. The van der Waals surface area contributed by atoms with E-state index in [-0.39, 0.29) is 0 Å². The van der Waals surface area contributed by atoms with Crippen LogP contribution in [0.4, 0.5) is 18.9 Å². The number of rotatable bonds is 6. The van der Waals surface area contributed by atoms with Crippen molar-refractivity contribution in [3.63, 3.8) is 0 Å². The third-order valence-corrected chi connectivity index (χ3v) is 5.66. The van der Waals surface area contributed by atoms with Crippen LogP contribution in [0.2, 0.25) is 0 Å². The van der Waals surface area contributed by atoms with E-state index < -0.39 is 48.9 Å². The van der Waals surface area contributed by atoms with Gasteiger partial charge in [0.1, 0.15) is 6.04 Å². The summed E-state index contributed by atoms with van der Waals surface area (Å²) in [6.07, 6.45) is -7.82. The molecular formula is C21H21F3N4O3S. The van der Waals surface area contributed by atoms with Crippen molar-refractivity contribution >= 4 is 40.5 Å². The number of nitrogens with one attached hydrogen (secondary N) is 2. The molecule has 0 saturated carbocycles. The van der Waals surface area contributed by atoms with Crippen LogP contribution >= 0.6 is 11.3 Å². The van der Waals surface area contributed by atoms with Gasteiger partial charge in [-0.1, -0.05) is 24.3 Å². The molecule has 1 aromatic heterocycles. The highest BCUT2D eigenvalue weighted by Crippen LogP contribution is 2.28. The van der Waals surface area contributed by atoms with Gasteiger partial charge in [0.25, 0.3) is 5.91 Å². The zero-order valence-corrected chi connectivity index (χ0v) is 18.1. The number of amides is 3. The lowest BCUT2D eigenvalue weighted by Crippen LogP contribution is -2.52. The number of nitrogens with zero attached hydrogens (tertiary/aromatic N) is 2. The van der Waals surface area contributed by atoms with E-state index in [1.807, 2.05) is 29.6 Å². The smallest absolute Gasteiger partial charge is 0.345 e. The number of halogens is 3. The van der Waals surface area contributed by atoms with E-state index in [1.165, 1.54) is 23.2 Å². The van der Waals surface area contributed by atoms with Gasteiger partial charge in [0.15, 0.2) is 0 Å². The second-order valence-electron chi connectivity index (χ2n) is 7.18. The van der Waals surface area contributed by atoms with E-state index >= 15 is 0 Å². The Hall–Kier alpha value is -3.21. The second kappa shape index (κ2) is 9.51. The van der Waals surface area contributed by atoms with Crippen molar-refractivity contribution < 1.29 is 27.6 Å². The van der Waals surface area contributed by atoms with E-state index in [0.29, 0.717) is 11.4 Å². The monoisotopic (exact) mass is 466 g/mol. The molecule has 0 aliphatic carbocycles. The van der Waals surface area contributed by atoms with Crippen molar-refractivity contribution in [2.45, 2.75) is 38.1 Å². The average molecular weight is 466 g/mol. The molecule has 32 heavy (non-hydrogen) atoms. The van der Waals surface area contributed by atoms with Crippen LogP contribution < -0.4 is 15.5 Å². The molecule has 2 atom stereocenters. The normalized spacial score (nSPS) is 17.2. The second-order valence-corrected chi connectivity index (χ2v) is 8.13. The molecular weight excluding hydrogens is 445 g/mol. The highest BCUT2D eigenvalue weighted by Gasteiger charge is 2.33. The Bertz CT molecular complexity index is 1040. The summed E-state index contributed by atoms with van der Waals surface area (Å²) in [5.41, 5.74) is 1.87. The van der Waals surface area contributed by atoms with Crippen LogP contribution in [0.15, 0.2) is 46.8 Å². The van der Waals surface area contributed by atoms with Gasteiger partial charge in [-0.25, -0.2) is 4.99 Å². The van der Waals surface area contributed by atoms with Gasteiger partial charge in [0.05, 0.1) is 22.7 Å². The van der Waals surface area contributed by atoms with Crippen molar-refractivity contribution in [3.8, 4) is 0 Å². The quantitative estimate of drug-likeness (QED) is 0.686. The number of carbonyl (C=O) groups is 3. The molecule has 0 saturated heterocycles. The number of benzene rings is 1. The van der Waals surface area contributed by atoms with Gasteiger partial charge in [-0.3, -0.25) is 14.4 Å². The topological polar surface area (TPSA) is 90.9 Å². The minimum absolute atomic E-state index is 0.493. The number of likely N-dealkylation sites (N-methyl/N-ethyl adjacent to an activating group) is 1. The number of para-hydroxylation sites is 1. The summed E-state index contributed by atoms with van der Waals surface area (Å²) in [4.78, 5) is 44.0. The highest BCUT2D eigenvalue weighted by molar-refractivity contribution is 7.12. The van der Waals surface area contributed by atoms with Gasteiger partial charge in [-0.05, 0) is 24.4 Å². The van der Waals surface area contributed by atoms with Crippen LogP contribution in [-0.2, 0) is 14.4 Å². The van der Waals surface area contributed by atoms with Crippen LogP contribution in [0.5, 0.6) is 0 Å². The summed E-state index contributed by atoms with van der Waals surface area (Å²) in [5.74, 6) is -2.14. The van der Waals surface area contributed by atoms with Crippen molar-refractivity contribution in [1.29, 1.82) is 0 Å². The zero-order chi connectivity index (χ0) is 23.5. The summed E-state index contributed by atoms with van der Waals surface area (Å²) in [6, 6.07) is 9.73. The number of fused-ring (bicyclic) bond motifs is 1. The first kappa shape index (κ1) is 23.5. The summed E-state index contributed by atoms with van der Waals surface area (Å²) in [5, 5.41) is 6.57. The number of thiophene rings is 1. The number of hydrogen-bond acceptors (Lipinski definition) is 5. The van der Waals surface area contributed by atoms with Crippen molar-refractivity contribution in [3.05, 3.63) is 52.2 Å². The predicted octanol–water partition coefficient (Wildman–Crippen LogP) is 2.85. The van der Waals surface area contributed by atoms with Crippen molar-refractivity contribution in [2.75, 3.05) is 11.9 Å². The lowest BCUT2D eigenvalue weighted by atomic mass is 10.1. The summed E-state index contributed by atoms with van der Waals surface area (Å²) in [7, 11) is 1.57. The Kier molecular flexibility index (Phi) is 6.97. The van der Waals surface area contributed by atoms with Crippen LogP contribution in [0.1, 0.15) is 30.2 Å². The van der Waals surface area contributed by atoms with Crippen LogP contribution in [-0.4, -0.2) is 48.9 Å². The Morgan fingerprint density at radius 2 is 1.94 bits per heavy atom. The minimum Gasteiger partial charge on any atom is -0.345 e. The molecule has 2 aromatic rings. The molecule has 170 valence electrons.